The molecule has 64 valence electrons. The van der Waals surface area contributed by atoms with E-state index in [0.29, 0.717) is 6.61 Å². The van der Waals surface area contributed by atoms with Gasteiger partial charge in [-0.15, -0.1) is 0 Å². The Morgan fingerprint density at radius 3 is 2.73 bits per heavy atom. The Kier molecular flexibility index (Phi) is 5.43. The van der Waals surface area contributed by atoms with Crippen LogP contribution in [0, 0.1) is 0 Å². The number of ether oxygens (including phenoxy) is 1. The van der Waals surface area contributed by atoms with Crippen LogP contribution in [0.2, 0.25) is 0 Å². The van der Waals surface area contributed by atoms with Gasteiger partial charge in [0.1, 0.15) is 0 Å². The Morgan fingerprint density at radius 1 is 1.64 bits per heavy atom. The lowest BCUT2D eigenvalue weighted by atomic mass is 10.2. The third kappa shape index (κ3) is 4.53. The van der Waals surface area contributed by atoms with Crippen LogP contribution < -0.4 is 0 Å². The molecule has 11 heavy (non-hydrogen) atoms. The Balaban J connectivity index is 3.56. The number of halogens is 1. The monoisotopic (exact) mass is 160 g/mol. The van der Waals surface area contributed by atoms with Gasteiger partial charge in [0.25, 0.3) is 0 Å². The first-order chi connectivity index (χ1) is 5.22. The van der Waals surface area contributed by atoms with E-state index < -0.39 is 12.6 Å². The van der Waals surface area contributed by atoms with E-state index in [1.54, 1.807) is 0 Å². The lowest BCUT2D eigenvalue weighted by molar-refractivity contribution is -0.139. The molecule has 0 atom stereocenters. The summed E-state index contributed by atoms with van der Waals surface area (Å²) in [5, 5.41) is 0. The fourth-order valence-corrected chi connectivity index (χ4v) is 0.513. The molecule has 0 aromatic heterocycles. The van der Waals surface area contributed by atoms with Crippen LogP contribution in [0.25, 0.3) is 0 Å². The Labute approximate surface area is 66.0 Å². The van der Waals surface area contributed by atoms with Crippen LogP contribution in [0.15, 0.2) is 12.2 Å². The number of hydrogen-bond donors (Lipinski definition) is 0. The minimum absolute atomic E-state index is 0.0720. The second-order valence-corrected chi connectivity index (χ2v) is 2.18. The van der Waals surface area contributed by atoms with Crippen LogP contribution in [0.4, 0.5) is 4.39 Å². The first kappa shape index (κ1) is 10.1. The van der Waals surface area contributed by atoms with Gasteiger partial charge in [0, 0.05) is 12.0 Å². The molecule has 0 aliphatic carbocycles. The summed E-state index contributed by atoms with van der Waals surface area (Å²) in [7, 11) is 0. The fourth-order valence-electron chi connectivity index (χ4n) is 0.513. The molecule has 0 rings (SSSR count). The summed E-state index contributed by atoms with van der Waals surface area (Å²) in [6, 6.07) is 0. The highest BCUT2D eigenvalue weighted by Gasteiger charge is 2.06. The zero-order valence-electron chi connectivity index (χ0n) is 6.73. The number of carbonyl (C=O) groups excluding carboxylic acids is 1. The Bertz CT molecular complexity index is 143. The standard InChI is InChI=1S/C8H13FO2/c1-3-6-11-8(10)7(2)4-5-9/h2-6H2,1H3. The molecule has 2 nitrogen and oxygen atoms in total. The van der Waals surface area contributed by atoms with Crippen molar-refractivity contribution in [2.45, 2.75) is 19.8 Å². The molecule has 0 amide bonds. The van der Waals surface area contributed by atoms with Crippen LogP contribution in [0.3, 0.4) is 0 Å². The van der Waals surface area contributed by atoms with Gasteiger partial charge in [-0.05, 0) is 6.42 Å². The number of rotatable bonds is 5. The molecule has 0 aliphatic heterocycles. The maximum Gasteiger partial charge on any atom is 0.333 e. The topological polar surface area (TPSA) is 26.3 Å². The minimum Gasteiger partial charge on any atom is -0.462 e. The third-order valence-corrected chi connectivity index (χ3v) is 1.12. The molecular weight excluding hydrogens is 147 g/mol. The molecule has 0 radical (unpaired) electrons. The molecule has 0 heterocycles. The van der Waals surface area contributed by atoms with E-state index >= 15 is 0 Å². The predicted octanol–water partition coefficient (Wildman–Crippen LogP) is 1.86. The van der Waals surface area contributed by atoms with E-state index in [0.717, 1.165) is 6.42 Å². The molecule has 0 aliphatic rings. The van der Waals surface area contributed by atoms with E-state index in [4.69, 9.17) is 4.74 Å². The summed E-state index contributed by atoms with van der Waals surface area (Å²) in [5.74, 6) is -0.482. The Morgan fingerprint density at radius 2 is 2.27 bits per heavy atom. The van der Waals surface area contributed by atoms with Crippen LogP contribution in [0.5, 0.6) is 0 Å². The SMILES string of the molecule is C=C(CCF)C(=O)OCCC. The number of alkyl halides is 1. The van der Waals surface area contributed by atoms with Gasteiger partial charge >= 0.3 is 5.97 Å². The molecule has 0 N–H and O–H groups in total. The van der Waals surface area contributed by atoms with E-state index in [1.165, 1.54) is 0 Å². The van der Waals surface area contributed by atoms with Crippen molar-refractivity contribution >= 4 is 5.97 Å². The smallest absolute Gasteiger partial charge is 0.333 e. The van der Waals surface area contributed by atoms with Gasteiger partial charge in [-0.2, -0.15) is 0 Å². The third-order valence-electron chi connectivity index (χ3n) is 1.12. The summed E-state index contributed by atoms with van der Waals surface area (Å²) in [6.07, 6.45) is 0.844. The van der Waals surface area contributed by atoms with Crippen molar-refractivity contribution in [3.8, 4) is 0 Å². The molecule has 0 aromatic carbocycles. The largest absolute Gasteiger partial charge is 0.462 e. The van der Waals surface area contributed by atoms with Gasteiger partial charge in [0.2, 0.25) is 0 Å². The first-order valence-electron chi connectivity index (χ1n) is 3.63. The highest BCUT2D eigenvalue weighted by molar-refractivity contribution is 5.87. The van der Waals surface area contributed by atoms with Gasteiger partial charge in [0.15, 0.2) is 0 Å². The van der Waals surface area contributed by atoms with E-state index in [1.807, 2.05) is 6.92 Å². The van der Waals surface area contributed by atoms with Gasteiger partial charge < -0.3 is 4.74 Å². The highest BCUT2D eigenvalue weighted by atomic mass is 19.1. The molecule has 0 aromatic rings. The highest BCUT2D eigenvalue weighted by Crippen LogP contribution is 2.01. The average Bonchev–Trinajstić information content (AvgIpc) is 2.00. The number of hydrogen-bond acceptors (Lipinski definition) is 2. The lowest BCUT2D eigenvalue weighted by Crippen LogP contribution is -2.08. The van der Waals surface area contributed by atoms with Gasteiger partial charge in [-0.1, -0.05) is 13.5 Å². The normalized spacial score (nSPS) is 9.27. The molecular formula is C8H13FO2. The van der Waals surface area contributed by atoms with E-state index in [-0.39, 0.29) is 12.0 Å². The minimum atomic E-state index is -0.555. The zero-order chi connectivity index (χ0) is 8.69. The predicted molar refractivity (Wildman–Crippen MR) is 41.0 cm³/mol. The number of esters is 1. The van der Waals surface area contributed by atoms with E-state index in [9.17, 15) is 9.18 Å². The summed E-state index contributed by atoms with van der Waals surface area (Å²) < 4.78 is 16.4. The average molecular weight is 160 g/mol. The zero-order valence-corrected chi connectivity index (χ0v) is 6.73. The molecule has 0 unspecified atom stereocenters. The van der Waals surface area contributed by atoms with Crippen molar-refractivity contribution in [1.82, 2.24) is 0 Å². The van der Waals surface area contributed by atoms with Crippen LogP contribution in [-0.4, -0.2) is 19.3 Å². The van der Waals surface area contributed by atoms with E-state index in [2.05, 4.69) is 6.58 Å². The summed E-state index contributed by atoms with van der Waals surface area (Å²) in [6.45, 7) is 5.10. The van der Waals surface area contributed by atoms with Crippen molar-refractivity contribution < 1.29 is 13.9 Å². The lowest BCUT2D eigenvalue weighted by Gasteiger charge is -2.02. The maximum absolute atomic E-state index is 11.7. The van der Waals surface area contributed by atoms with Crippen LogP contribution in [-0.2, 0) is 9.53 Å². The van der Waals surface area contributed by atoms with Crippen molar-refractivity contribution in [2.75, 3.05) is 13.3 Å². The van der Waals surface area contributed by atoms with Gasteiger partial charge in [-0.3, -0.25) is 4.39 Å². The summed E-state index contributed by atoms with van der Waals surface area (Å²) in [5.41, 5.74) is 0.209. The fraction of sp³-hybridized carbons (Fsp3) is 0.625. The second kappa shape index (κ2) is 5.89. The molecule has 0 fully saturated rings. The van der Waals surface area contributed by atoms with Crippen LogP contribution >= 0.6 is 0 Å². The molecule has 0 bridgehead atoms. The number of carbonyl (C=O) groups is 1. The molecule has 0 spiro atoms. The van der Waals surface area contributed by atoms with Gasteiger partial charge in [-0.25, -0.2) is 4.79 Å². The summed E-state index contributed by atoms with van der Waals surface area (Å²) >= 11 is 0. The maximum atomic E-state index is 11.7. The molecule has 3 heteroatoms. The quantitative estimate of drug-likeness (QED) is 0.453. The molecule has 0 saturated heterocycles. The van der Waals surface area contributed by atoms with Crippen molar-refractivity contribution in [3.63, 3.8) is 0 Å². The second-order valence-electron chi connectivity index (χ2n) is 2.18. The van der Waals surface area contributed by atoms with Crippen molar-refractivity contribution in [1.29, 1.82) is 0 Å². The van der Waals surface area contributed by atoms with Crippen molar-refractivity contribution in [3.05, 3.63) is 12.2 Å². The summed E-state index contributed by atoms with van der Waals surface area (Å²) in [4.78, 5) is 10.8. The Hall–Kier alpha value is -0.860. The molecule has 0 saturated carbocycles. The van der Waals surface area contributed by atoms with Crippen LogP contribution in [0.1, 0.15) is 19.8 Å². The van der Waals surface area contributed by atoms with Gasteiger partial charge in [0.05, 0.1) is 13.3 Å². The first-order valence-corrected chi connectivity index (χ1v) is 3.63. The van der Waals surface area contributed by atoms with Crippen molar-refractivity contribution in [2.24, 2.45) is 0 Å².